The second-order valence-electron chi connectivity index (χ2n) is 8.49. The predicted octanol–water partition coefficient (Wildman–Crippen LogP) is 2.44. The normalized spacial score (nSPS) is 18.0. The van der Waals surface area contributed by atoms with Crippen molar-refractivity contribution in [1.29, 1.82) is 0 Å². The first kappa shape index (κ1) is 19.5. The van der Waals surface area contributed by atoms with Crippen molar-refractivity contribution in [2.45, 2.75) is 31.7 Å². The minimum absolute atomic E-state index is 0.198. The van der Waals surface area contributed by atoms with Crippen LogP contribution in [0.5, 0.6) is 0 Å². The Balaban J connectivity index is 1.31. The summed E-state index contributed by atoms with van der Waals surface area (Å²) >= 11 is 0. The molecule has 2 amide bonds. The maximum Gasteiger partial charge on any atom is 0.230 e. The lowest BCUT2D eigenvalue weighted by molar-refractivity contribution is -0.125. The molecule has 0 spiro atoms. The second kappa shape index (κ2) is 7.73. The first-order chi connectivity index (χ1) is 16.1. The molecule has 1 saturated carbocycles. The van der Waals surface area contributed by atoms with E-state index in [1.807, 2.05) is 42.6 Å². The number of hydrogen-bond donors (Lipinski definition) is 3. The molecule has 1 aliphatic heterocycles. The first-order valence-corrected chi connectivity index (χ1v) is 11.0. The van der Waals surface area contributed by atoms with Crippen LogP contribution >= 0.6 is 0 Å². The fraction of sp³-hybridized carbons (Fsp3) is 0.261. The average molecular weight is 442 g/mol. The van der Waals surface area contributed by atoms with E-state index in [0.717, 1.165) is 35.6 Å². The van der Waals surface area contributed by atoms with Crippen molar-refractivity contribution >= 4 is 34.8 Å². The number of fused-ring (bicyclic) bond motifs is 1. The van der Waals surface area contributed by atoms with E-state index in [0.29, 0.717) is 23.9 Å². The molecule has 1 aliphatic carbocycles. The molecular weight excluding hydrogens is 420 g/mol. The number of aromatic nitrogens is 5. The van der Waals surface area contributed by atoms with Gasteiger partial charge >= 0.3 is 0 Å². The van der Waals surface area contributed by atoms with Crippen LogP contribution in [0, 0.1) is 5.92 Å². The zero-order chi connectivity index (χ0) is 22.4. The number of imide groups is 1. The van der Waals surface area contributed by atoms with E-state index in [2.05, 4.69) is 26.1 Å². The third-order valence-corrected chi connectivity index (χ3v) is 5.91. The highest BCUT2D eigenvalue weighted by Crippen LogP contribution is 2.29. The third-order valence-electron chi connectivity index (χ3n) is 5.91. The van der Waals surface area contributed by atoms with Crippen LogP contribution in [-0.4, -0.2) is 42.2 Å². The molecule has 10 heteroatoms. The summed E-state index contributed by atoms with van der Waals surface area (Å²) in [6.07, 6.45) is 8.24. The molecule has 4 aromatic rings. The fourth-order valence-electron chi connectivity index (χ4n) is 4.06. The number of rotatable bonds is 7. The summed E-state index contributed by atoms with van der Waals surface area (Å²) in [4.78, 5) is 28.5. The van der Waals surface area contributed by atoms with Crippen LogP contribution < -0.4 is 16.0 Å². The van der Waals surface area contributed by atoms with Gasteiger partial charge in [0.15, 0.2) is 5.65 Å². The Kier molecular flexibility index (Phi) is 4.56. The second-order valence-corrected chi connectivity index (χ2v) is 8.49. The van der Waals surface area contributed by atoms with Crippen LogP contribution in [0.4, 0.5) is 17.3 Å². The molecule has 10 nitrogen and oxygen atoms in total. The van der Waals surface area contributed by atoms with Crippen molar-refractivity contribution < 1.29 is 9.59 Å². The maximum absolute atomic E-state index is 12.1. The molecule has 3 N–H and O–H groups in total. The summed E-state index contributed by atoms with van der Waals surface area (Å²) < 4.78 is 3.57. The Bertz CT molecular complexity index is 1340. The Morgan fingerprint density at radius 3 is 2.67 bits per heavy atom. The summed E-state index contributed by atoms with van der Waals surface area (Å²) in [5.41, 5.74) is 3.36. The quantitative estimate of drug-likeness (QED) is 0.376. The highest BCUT2D eigenvalue weighted by molar-refractivity contribution is 6.03. The van der Waals surface area contributed by atoms with Crippen molar-refractivity contribution in [2.75, 3.05) is 10.6 Å². The van der Waals surface area contributed by atoms with Crippen LogP contribution in [0.15, 0.2) is 55.0 Å². The third kappa shape index (κ3) is 3.91. The van der Waals surface area contributed by atoms with Gasteiger partial charge in [-0.15, -0.1) is 0 Å². The molecule has 2 aliphatic rings. The molecule has 0 radical (unpaired) electrons. The SMILES string of the molecule is O=C1CC(Cc2cnn3c(NC4CC4)cc(Nc4ccc(-n5cccn5)cc4)nc23)C(=O)N1. The number of anilines is 3. The van der Waals surface area contributed by atoms with E-state index < -0.39 is 5.92 Å². The zero-order valence-corrected chi connectivity index (χ0v) is 17.7. The van der Waals surface area contributed by atoms with Crippen molar-refractivity contribution in [2.24, 2.45) is 5.92 Å². The molecule has 6 rings (SSSR count). The van der Waals surface area contributed by atoms with E-state index in [9.17, 15) is 9.59 Å². The largest absolute Gasteiger partial charge is 0.367 e. The Morgan fingerprint density at radius 2 is 1.97 bits per heavy atom. The number of carbonyl (C=O) groups is 2. The van der Waals surface area contributed by atoms with Crippen molar-refractivity contribution in [3.63, 3.8) is 0 Å². The van der Waals surface area contributed by atoms with E-state index in [1.54, 1.807) is 21.6 Å². The molecule has 0 bridgehead atoms. The zero-order valence-electron chi connectivity index (χ0n) is 17.7. The lowest BCUT2D eigenvalue weighted by Gasteiger charge is -2.13. The molecule has 1 aromatic carbocycles. The highest BCUT2D eigenvalue weighted by atomic mass is 16.2. The van der Waals surface area contributed by atoms with Gasteiger partial charge in [-0.05, 0) is 49.6 Å². The Hall–Kier alpha value is -4.21. The van der Waals surface area contributed by atoms with Gasteiger partial charge in [0.1, 0.15) is 11.6 Å². The van der Waals surface area contributed by atoms with Gasteiger partial charge in [-0.2, -0.15) is 14.7 Å². The minimum atomic E-state index is -0.390. The van der Waals surface area contributed by atoms with E-state index in [4.69, 9.17) is 4.98 Å². The average Bonchev–Trinajstić information content (AvgIpc) is 3.17. The maximum atomic E-state index is 12.1. The molecular formula is C23H22N8O2. The lowest BCUT2D eigenvalue weighted by atomic mass is 10.00. The summed E-state index contributed by atoms with van der Waals surface area (Å²) in [7, 11) is 0. The lowest BCUT2D eigenvalue weighted by Crippen LogP contribution is -2.22. The highest BCUT2D eigenvalue weighted by Gasteiger charge is 2.32. The van der Waals surface area contributed by atoms with Crippen LogP contribution in [0.1, 0.15) is 24.8 Å². The number of carbonyl (C=O) groups excluding carboxylic acids is 2. The van der Waals surface area contributed by atoms with Gasteiger partial charge in [0.2, 0.25) is 11.8 Å². The van der Waals surface area contributed by atoms with E-state index in [-0.39, 0.29) is 18.2 Å². The predicted molar refractivity (Wildman–Crippen MR) is 121 cm³/mol. The number of benzene rings is 1. The van der Waals surface area contributed by atoms with Gasteiger partial charge in [0, 0.05) is 42.2 Å². The van der Waals surface area contributed by atoms with Crippen molar-refractivity contribution in [1.82, 2.24) is 29.7 Å². The molecule has 33 heavy (non-hydrogen) atoms. The number of hydrogen-bond acceptors (Lipinski definition) is 7. The Labute approximate surface area is 189 Å². The van der Waals surface area contributed by atoms with E-state index in [1.165, 1.54) is 0 Å². The topological polar surface area (TPSA) is 118 Å². The molecule has 166 valence electrons. The van der Waals surface area contributed by atoms with Gasteiger partial charge in [-0.1, -0.05) is 0 Å². The number of amides is 2. The number of nitrogens with one attached hydrogen (secondary N) is 3. The molecule has 2 fully saturated rings. The van der Waals surface area contributed by atoms with Gasteiger partial charge in [-0.25, -0.2) is 9.67 Å². The summed E-state index contributed by atoms with van der Waals surface area (Å²) in [6, 6.07) is 12.2. The molecule has 1 unspecified atom stereocenters. The standard InChI is InChI=1S/C23H22N8O2/c32-21-11-14(23(33)29-21)10-15-13-25-31-20(27-17-2-3-17)12-19(28-22(15)31)26-16-4-6-18(7-5-16)30-9-1-8-24-30/h1,4-9,12-14,17,27H,2-3,10-11H2,(H,26,28)(H,29,32,33). The monoisotopic (exact) mass is 442 g/mol. The van der Waals surface area contributed by atoms with Crippen LogP contribution in [0.2, 0.25) is 0 Å². The van der Waals surface area contributed by atoms with Gasteiger partial charge < -0.3 is 10.6 Å². The van der Waals surface area contributed by atoms with Crippen molar-refractivity contribution in [3.05, 3.63) is 60.6 Å². The summed E-state index contributed by atoms with van der Waals surface area (Å²) in [6.45, 7) is 0. The number of nitrogens with zero attached hydrogens (tertiary/aromatic N) is 5. The van der Waals surface area contributed by atoms with Gasteiger partial charge in [0.25, 0.3) is 0 Å². The molecule has 3 aromatic heterocycles. The van der Waals surface area contributed by atoms with Crippen LogP contribution in [0.25, 0.3) is 11.3 Å². The van der Waals surface area contributed by atoms with E-state index >= 15 is 0 Å². The summed E-state index contributed by atoms with van der Waals surface area (Å²) in [5, 5.41) is 18.0. The Morgan fingerprint density at radius 1 is 1.12 bits per heavy atom. The first-order valence-electron chi connectivity index (χ1n) is 11.0. The minimum Gasteiger partial charge on any atom is -0.367 e. The van der Waals surface area contributed by atoms with Crippen molar-refractivity contribution in [3.8, 4) is 5.69 Å². The smallest absolute Gasteiger partial charge is 0.230 e. The fourth-order valence-corrected chi connectivity index (χ4v) is 4.06. The molecule has 1 atom stereocenters. The van der Waals surface area contributed by atoms with Gasteiger partial charge in [-0.3, -0.25) is 14.9 Å². The van der Waals surface area contributed by atoms with Crippen LogP contribution in [0.3, 0.4) is 0 Å². The molecule has 4 heterocycles. The molecule has 1 saturated heterocycles. The van der Waals surface area contributed by atoms with Crippen LogP contribution in [-0.2, 0) is 16.0 Å². The van der Waals surface area contributed by atoms with Gasteiger partial charge in [0.05, 0.1) is 17.8 Å². The summed E-state index contributed by atoms with van der Waals surface area (Å²) in [5.74, 6) is 0.662.